The lowest BCUT2D eigenvalue weighted by molar-refractivity contribution is -0.141. The van der Waals surface area contributed by atoms with Crippen molar-refractivity contribution < 1.29 is 14.7 Å². The third kappa shape index (κ3) is 2.97. The van der Waals surface area contributed by atoms with Gasteiger partial charge >= 0.3 is 5.97 Å². The van der Waals surface area contributed by atoms with Crippen molar-refractivity contribution >= 4 is 35.0 Å². The fourth-order valence-corrected chi connectivity index (χ4v) is 3.48. The smallest absolute Gasteiger partial charge is 0.326 e. The number of carbonyl (C=O) groups excluding carboxylic acids is 1. The third-order valence-electron chi connectivity index (χ3n) is 3.43. The molecule has 1 saturated heterocycles. The molecule has 1 aromatic heterocycles. The summed E-state index contributed by atoms with van der Waals surface area (Å²) in [5.74, 6) is -1.25. The highest BCUT2D eigenvalue weighted by atomic mass is 32.2. The molecule has 6 nitrogen and oxygen atoms in total. The first kappa shape index (κ1) is 15.3. The quantitative estimate of drug-likeness (QED) is 0.839. The van der Waals surface area contributed by atoms with Gasteiger partial charge in [0.15, 0.2) is 0 Å². The lowest BCUT2D eigenvalue weighted by atomic mass is 10.1. The summed E-state index contributed by atoms with van der Waals surface area (Å²) in [7, 11) is 3.79. The maximum absolute atomic E-state index is 12.4. The first-order valence-corrected chi connectivity index (χ1v) is 8.24. The van der Waals surface area contributed by atoms with Crippen molar-refractivity contribution in [2.45, 2.75) is 22.8 Å². The zero-order chi connectivity index (χ0) is 14.9. The van der Waals surface area contributed by atoms with E-state index in [1.165, 1.54) is 28.0 Å². The van der Waals surface area contributed by atoms with Crippen molar-refractivity contribution in [1.82, 2.24) is 14.8 Å². The minimum Gasteiger partial charge on any atom is -0.480 e. The number of amides is 1. The van der Waals surface area contributed by atoms with Crippen molar-refractivity contribution in [3.8, 4) is 0 Å². The number of aliphatic carboxylic acids is 1. The Morgan fingerprint density at radius 3 is 2.75 bits per heavy atom. The summed E-state index contributed by atoms with van der Waals surface area (Å²) >= 11 is 2.87. The monoisotopic (exact) mass is 315 g/mol. The summed E-state index contributed by atoms with van der Waals surface area (Å²) in [6.07, 6.45) is 2.35. The molecule has 0 bridgehead atoms. The zero-order valence-electron chi connectivity index (χ0n) is 11.6. The van der Waals surface area contributed by atoms with Gasteiger partial charge in [0.05, 0.1) is 0 Å². The van der Waals surface area contributed by atoms with Gasteiger partial charge in [-0.1, -0.05) is 11.8 Å². The van der Waals surface area contributed by atoms with Gasteiger partial charge in [-0.2, -0.15) is 0 Å². The van der Waals surface area contributed by atoms with Crippen LogP contribution in [-0.2, 0) is 4.79 Å². The third-order valence-corrected chi connectivity index (χ3v) is 5.30. The molecule has 0 aliphatic carbocycles. The molecule has 2 rings (SSSR count). The standard InChI is InChI=1S/C12H17N3O3S2/c1-14(2)7-4-9(11(17)18)15(5-7)10(16)8-6-20-12(13-8)19-3/h6-7,9H,4-5H2,1-3H3,(H,17,18). The average Bonchev–Trinajstić information content (AvgIpc) is 3.04. The van der Waals surface area contributed by atoms with Crippen molar-refractivity contribution in [3.63, 3.8) is 0 Å². The van der Waals surface area contributed by atoms with E-state index in [2.05, 4.69) is 4.98 Å². The van der Waals surface area contributed by atoms with Gasteiger partial charge in [-0.25, -0.2) is 9.78 Å². The molecule has 110 valence electrons. The number of rotatable bonds is 4. The number of hydrogen-bond donors (Lipinski definition) is 1. The van der Waals surface area contributed by atoms with Crippen LogP contribution in [0.15, 0.2) is 9.72 Å². The maximum Gasteiger partial charge on any atom is 0.326 e. The van der Waals surface area contributed by atoms with Crippen LogP contribution < -0.4 is 0 Å². The molecule has 1 N–H and O–H groups in total. The molecule has 0 aromatic carbocycles. The minimum absolute atomic E-state index is 0.0682. The molecule has 2 atom stereocenters. The van der Waals surface area contributed by atoms with Gasteiger partial charge in [0.2, 0.25) is 0 Å². The molecule has 1 aliphatic heterocycles. The van der Waals surface area contributed by atoms with E-state index in [0.717, 1.165) is 4.34 Å². The van der Waals surface area contributed by atoms with Crippen LogP contribution >= 0.6 is 23.1 Å². The van der Waals surface area contributed by atoms with Crippen LogP contribution in [0.25, 0.3) is 0 Å². The predicted molar refractivity (Wildman–Crippen MR) is 78.4 cm³/mol. The number of carbonyl (C=O) groups is 2. The first-order chi connectivity index (χ1) is 9.43. The number of nitrogens with zero attached hydrogens (tertiary/aromatic N) is 3. The van der Waals surface area contributed by atoms with E-state index >= 15 is 0 Å². The number of hydrogen-bond acceptors (Lipinski definition) is 6. The molecular weight excluding hydrogens is 298 g/mol. The van der Waals surface area contributed by atoms with Crippen molar-refractivity contribution in [1.29, 1.82) is 0 Å². The molecular formula is C12H17N3O3S2. The molecule has 0 radical (unpaired) electrons. The molecule has 0 saturated carbocycles. The van der Waals surface area contributed by atoms with Gasteiger partial charge in [-0.15, -0.1) is 11.3 Å². The number of carboxylic acids is 1. The topological polar surface area (TPSA) is 73.7 Å². The van der Waals surface area contributed by atoms with Crippen LogP contribution in [0, 0.1) is 0 Å². The molecule has 1 amide bonds. The van der Waals surface area contributed by atoms with Crippen molar-refractivity contribution in [3.05, 3.63) is 11.1 Å². The van der Waals surface area contributed by atoms with E-state index in [4.69, 9.17) is 0 Å². The van der Waals surface area contributed by atoms with Crippen LogP contribution in [0.2, 0.25) is 0 Å². The van der Waals surface area contributed by atoms with Crippen molar-refractivity contribution in [2.75, 3.05) is 26.9 Å². The van der Waals surface area contributed by atoms with Crippen molar-refractivity contribution in [2.24, 2.45) is 0 Å². The largest absolute Gasteiger partial charge is 0.480 e. The van der Waals surface area contributed by atoms with Crippen LogP contribution in [0.1, 0.15) is 16.9 Å². The highest BCUT2D eigenvalue weighted by Crippen LogP contribution is 2.25. The summed E-state index contributed by atoms with van der Waals surface area (Å²) in [5, 5.41) is 11.0. The number of carboxylic acid groups (broad SMARTS) is 1. The van der Waals surface area contributed by atoms with E-state index < -0.39 is 12.0 Å². The Morgan fingerprint density at radius 1 is 1.55 bits per heavy atom. The zero-order valence-corrected chi connectivity index (χ0v) is 13.2. The van der Waals surface area contributed by atoms with Crippen LogP contribution in [0.4, 0.5) is 0 Å². The SMILES string of the molecule is CSc1nc(C(=O)N2CC(N(C)C)CC2C(=O)O)cs1. The molecule has 2 heterocycles. The van der Waals surface area contributed by atoms with Crippen LogP contribution in [-0.4, -0.2) is 70.7 Å². The van der Waals surface area contributed by atoms with E-state index in [1.807, 2.05) is 25.3 Å². The van der Waals surface area contributed by atoms with Gasteiger partial charge in [0, 0.05) is 18.0 Å². The summed E-state index contributed by atoms with van der Waals surface area (Å²) < 4.78 is 0.809. The number of thioether (sulfide) groups is 1. The van der Waals surface area contributed by atoms with Gasteiger partial charge in [-0.05, 0) is 26.8 Å². The van der Waals surface area contributed by atoms with E-state index in [9.17, 15) is 14.7 Å². The van der Waals surface area contributed by atoms with Gasteiger partial charge < -0.3 is 14.9 Å². The number of aromatic nitrogens is 1. The molecule has 0 spiro atoms. The van der Waals surface area contributed by atoms with Crippen LogP contribution in [0.3, 0.4) is 0 Å². The number of thiazole rings is 1. The molecule has 1 fully saturated rings. The Bertz CT molecular complexity index is 518. The van der Waals surface area contributed by atoms with Crippen LogP contribution in [0.5, 0.6) is 0 Å². The Kier molecular flexibility index (Phi) is 4.66. The van der Waals surface area contributed by atoms with E-state index in [-0.39, 0.29) is 11.9 Å². The second kappa shape index (κ2) is 6.11. The second-order valence-electron chi connectivity index (χ2n) is 4.87. The summed E-state index contributed by atoms with van der Waals surface area (Å²) in [4.78, 5) is 31.4. The molecule has 1 aliphatic rings. The van der Waals surface area contributed by atoms with Gasteiger partial charge in [0.1, 0.15) is 16.1 Å². The molecule has 2 unspecified atom stereocenters. The number of likely N-dealkylation sites (tertiary alicyclic amines) is 1. The molecule has 8 heteroatoms. The summed E-state index contributed by atoms with van der Waals surface area (Å²) in [6, 6.07) is -0.701. The minimum atomic E-state index is -0.956. The van der Waals surface area contributed by atoms with E-state index in [0.29, 0.717) is 18.7 Å². The Labute approximate surface area is 125 Å². The number of likely N-dealkylation sites (N-methyl/N-ethyl adjacent to an activating group) is 1. The fourth-order valence-electron chi connectivity index (χ4n) is 2.24. The Morgan fingerprint density at radius 2 is 2.25 bits per heavy atom. The predicted octanol–water partition coefficient (Wildman–Crippen LogP) is 1.09. The van der Waals surface area contributed by atoms with E-state index in [1.54, 1.807) is 5.38 Å². The highest BCUT2D eigenvalue weighted by Gasteiger charge is 2.41. The molecule has 20 heavy (non-hydrogen) atoms. The summed E-state index contributed by atoms with van der Waals surface area (Å²) in [6.45, 7) is 0.426. The molecule has 1 aromatic rings. The second-order valence-corrected chi connectivity index (χ2v) is 6.78. The lowest BCUT2D eigenvalue weighted by Crippen LogP contribution is -2.41. The lowest BCUT2D eigenvalue weighted by Gasteiger charge is -2.21. The average molecular weight is 315 g/mol. The highest BCUT2D eigenvalue weighted by molar-refractivity contribution is 8.00. The Hall–Kier alpha value is -1.12. The summed E-state index contributed by atoms with van der Waals surface area (Å²) in [5.41, 5.74) is 0.338. The normalized spacial score (nSPS) is 22.5. The van der Waals surface area contributed by atoms with Gasteiger partial charge in [-0.3, -0.25) is 4.79 Å². The first-order valence-electron chi connectivity index (χ1n) is 6.13. The Balaban J connectivity index is 2.20. The fraction of sp³-hybridized carbons (Fsp3) is 0.583. The maximum atomic E-state index is 12.4. The van der Waals surface area contributed by atoms with Gasteiger partial charge in [0.25, 0.3) is 5.91 Å².